The minimum absolute atomic E-state index is 0.155. The number of piperazine rings is 1. The molecule has 1 saturated heterocycles. The lowest BCUT2D eigenvalue weighted by molar-refractivity contribution is 0.146. The van der Waals surface area contributed by atoms with E-state index in [1.807, 2.05) is 0 Å². The smallest absolute Gasteiger partial charge is 0.415 e. The summed E-state index contributed by atoms with van der Waals surface area (Å²) in [4.78, 5) is 13.3. The van der Waals surface area contributed by atoms with E-state index in [4.69, 9.17) is 9.84 Å². The summed E-state index contributed by atoms with van der Waals surface area (Å²) < 4.78 is 5.16. The van der Waals surface area contributed by atoms with E-state index in [0.29, 0.717) is 18.8 Å². The molecule has 5 heteroatoms. The van der Waals surface area contributed by atoms with E-state index in [1.54, 1.807) is 17.0 Å². The quantitative estimate of drug-likeness (QED) is 0.737. The van der Waals surface area contributed by atoms with Crippen molar-refractivity contribution in [3.63, 3.8) is 0 Å². The van der Waals surface area contributed by atoms with Crippen LogP contribution in [0.4, 0.5) is 4.79 Å². The molecule has 0 aliphatic carbocycles. The number of rotatable bonds is 1. The number of carbonyl (C=O) groups is 1. The Morgan fingerprint density at radius 1 is 1.25 bits per heavy atom. The summed E-state index contributed by atoms with van der Waals surface area (Å²) in [6.07, 6.45) is -0.341. The van der Waals surface area contributed by atoms with E-state index in [-0.39, 0.29) is 11.8 Å². The number of nitrogens with zero attached hydrogens (tertiary/aromatic N) is 1. The molecule has 1 heterocycles. The number of ether oxygens (including phenoxy) is 1. The van der Waals surface area contributed by atoms with E-state index in [0.717, 1.165) is 13.1 Å². The van der Waals surface area contributed by atoms with Gasteiger partial charge in [-0.2, -0.15) is 0 Å². The molecule has 5 nitrogen and oxygen atoms in total. The third-order valence-corrected chi connectivity index (χ3v) is 2.42. The maximum atomic E-state index is 11.7. The molecule has 2 rings (SSSR count). The topological polar surface area (TPSA) is 61.8 Å². The minimum atomic E-state index is -0.341. The molecular formula is C11H14N2O3. The van der Waals surface area contributed by atoms with E-state index in [1.165, 1.54) is 12.1 Å². The van der Waals surface area contributed by atoms with Gasteiger partial charge in [0, 0.05) is 26.2 Å². The highest BCUT2D eigenvalue weighted by molar-refractivity contribution is 5.70. The Hall–Kier alpha value is -1.75. The summed E-state index contributed by atoms with van der Waals surface area (Å²) >= 11 is 0. The summed E-state index contributed by atoms with van der Waals surface area (Å²) in [6.45, 7) is 2.92. The van der Waals surface area contributed by atoms with Gasteiger partial charge in [0.05, 0.1) is 0 Å². The predicted molar refractivity (Wildman–Crippen MR) is 58.6 cm³/mol. The Labute approximate surface area is 93.6 Å². The molecular weight excluding hydrogens is 208 g/mol. The highest BCUT2D eigenvalue weighted by atomic mass is 16.6. The van der Waals surface area contributed by atoms with Gasteiger partial charge in [-0.3, -0.25) is 0 Å². The fraction of sp³-hybridized carbons (Fsp3) is 0.364. The van der Waals surface area contributed by atoms with Crippen molar-refractivity contribution in [2.24, 2.45) is 0 Å². The third-order valence-electron chi connectivity index (χ3n) is 2.42. The van der Waals surface area contributed by atoms with Crippen LogP contribution in [0.2, 0.25) is 0 Å². The number of amides is 1. The van der Waals surface area contributed by atoms with Crippen molar-refractivity contribution in [2.45, 2.75) is 0 Å². The molecule has 0 unspecified atom stereocenters. The molecule has 1 fully saturated rings. The lowest BCUT2D eigenvalue weighted by atomic mass is 10.3. The van der Waals surface area contributed by atoms with Crippen molar-refractivity contribution in [1.29, 1.82) is 0 Å². The van der Waals surface area contributed by atoms with Gasteiger partial charge in [-0.1, -0.05) is 0 Å². The molecule has 0 bridgehead atoms. The summed E-state index contributed by atoms with van der Waals surface area (Å²) in [5, 5.41) is 12.2. The number of hydrogen-bond acceptors (Lipinski definition) is 4. The molecule has 1 aliphatic rings. The Balaban J connectivity index is 1.93. The van der Waals surface area contributed by atoms with Crippen LogP contribution in [0.5, 0.6) is 11.5 Å². The summed E-state index contributed by atoms with van der Waals surface area (Å²) in [5.74, 6) is 0.600. The molecule has 0 spiro atoms. The summed E-state index contributed by atoms with van der Waals surface area (Å²) in [5.41, 5.74) is 0. The van der Waals surface area contributed by atoms with Crippen molar-refractivity contribution in [2.75, 3.05) is 26.2 Å². The van der Waals surface area contributed by atoms with Crippen molar-refractivity contribution < 1.29 is 14.6 Å². The zero-order chi connectivity index (χ0) is 11.4. The Bertz CT molecular complexity index is 358. The lowest BCUT2D eigenvalue weighted by Gasteiger charge is -2.26. The van der Waals surface area contributed by atoms with E-state index < -0.39 is 0 Å². The van der Waals surface area contributed by atoms with Gasteiger partial charge in [-0.05, 0) is 24.3 Å². The highest BCUT2D eigenvalue weighted by Crippen LogP contribution is 2.16. The first-order valence-corrected chi connectivity index (χ1v) is 5.22. The summed E-state index contributed by atoms with van der Waals surface area (Å²) in [7, 11) is 0. The molecule has 2 N–H and O–H groups in total. The average molecular weight is 222 g/mol. The van der Waals surface area contributed by atoms with Crippen LogP contribution in [-0.4, -0.2) is 42.3 Å². The Morgan fingerprint density at radius 3 is 2.50 bits per heavy atom. The van der Waals surface area contributed by atoms with Gasteiger partial charge >= 0.3 is 6.09 Å². The number of nitrogens with one attached hydrogen (secondary N) is 1. The normalized spacial score (nSPS) is 15.9. The zero-order valence-corrected chi connectivity index (χ0v) is 8.85. The van der Waals surface area contributed by atoms with Gasteiger partial charge in [-0.15, -0.1) is 0 Å². The first kappa shape index (κ1) is 10.8. The van der Waals surface area contributed by atoms with Gasteiger partial charge in [0.15, 0.2) is 0 Å². The molecule has 0 saturated carbocycles. The van der Waals surface area contributed by atoms with Crippen LogP contribution in [-0.2, 0) is 0 Å². The molecule has 0 atom stereocenters. The molecule has 16 heavy (non-hydrogen) atoms. The molecule has 1 aromatic carbocycles. The lowest BCUT2D eigenvalue weighted by Crippen LogP contribution is -2.47. The maximum Gasteiger partial charge on any atom is 0.415 e. The Kier molecular flexibility index (Phi) is 3.26. The molecule has 0 aromatic heterocycles. The third kappa shape index (κ3) is 2.64. The van der Waals surface area contributed by atoms with Crippen LogP contribution in [0.3, 0.4) is 0 Å². The van der Waals surface area contributed by atoms with Crippen LogP contribution in [0.1, 0.15) is 0 Å². The second-order valence-electron chi connectivity index (χ2n) is 3.60. The molecule has 1 amide bonds. The van der Waals surface area contributed by atoms with Gasteiger partial charge < -0.3 is 20.1 Å². The molecule has 0 radical (unpaired) electrons. The fourth-order valence-corrected chi connectivity index (χ4v) is 1.53. The minimum Gasteiger partial charge on any atom is -0.508 e. The van der Waals surface area contributed by atoms with Crippen molar-refractivity contribution >= 4 is 6.09 Å². The molecule has 86 valence electrons. The van der Waals surface area contributed by atoms with Crippen LogP contribution < -0.4 is 10.1 Å². The number of aromatic hydroxyl groups is 1. The van der Waals surface area contributed by atoms with Gasteiger partial charge in [0.1, 0.15) is 11.5 Å². The number of hydrogen-bond donors (Lipinski definition) is 2. The van der Waals surface area contributed by atoms with Crippen LogP contribution in [0, 0.1) is 0 Å². The van der Waals surface area contributed by atoms with Crippen molar-refractivity contribution in [1.82, 2.24) is 10.2 Å². The maximum absolute atomic E-state index is 11.7. The van der Waals surface area contributed by atoms with Crippen LogP contribution in [0.15, 0.2) is 24.3 Å². The first-order valence-electron chi connectivity index (χ1n) is 5.22. The SMILES string of the molecule is O=C(Oc1ccc(O)cc1)N1CCNCC1. The largest absolute Gasteiger partial charge is 0.508 e. The van der Waals surface area contributed by atoms with Gasteiger partial charge in [0.25, 0.3) is 0 Å². The number of benzene rings is 1. The second kappa shape index (κ2) is 4.85. The monoisotopic (exact) mass is 222 g/mol. The number of phenols is 1. The van der Waals surface area contributed by atoms with E-state index >= 15 is 0 Å². The molecule has 1 aromatic rings. The Morgan fingerprint density at radius 2 is 1.88 bits per heavy atom. The van der Waals surface area contributed by atoms with Crippen molar-refractivity contribution in [3.8, 4) is 11.5 Å². The van der Waals surface area contributed by atoms with Crippen molar-refractivity contribution in [3.05, 3.63) is 24.3 Å². The predicted octanol–water partition coefficient (Wildman–Crippen LogP) is 0.796. The zero-order valence-electron chi connectivity index (χ0n) is 8.85. The van der Waals surface area contributed by atoms with E-state index in [2.05, 4.69) is 5.32 Å². The number of phenolic OH excluding ortho intramolecular Hbond substituents is 1. The number of carbonyl (C=O) groups excluding carboxylic acids is 1. The molecule has 1 aliphatic heterocycles. The average Bonchev–Trinajstić information content (AvgIpc) is 2.33. The standard InChI is InChI=1S/C11H14N2O3/c14-9-1-3-10(4-2-9)16-11(15)13-7-5-12-6-8-13/h1-4,12,14H,5-8H2. The summed E-state index contributed by atoms with van der Waals surface area (Å²) in [6, 6.07) is 6.10. The first-order chi connectivity index (χ1) is 7.75. The van der Waals surface area contributed by atoms with Crippen LogP contribution in [0.25, 0.3) is 0 Å². The van der Waals surface area contributed by atoms with Crippen LogP contribution >= 0.6 is 0 Å². The van der Waals surface area contributed by atoms with E-state index in [9.17, 15) is 4.79 Å². The second-order valence-corrected chi connectivity index (χ2v) is 3.60. The van der Waals surface area contributed by atoms with Gasteiger partial charge in [0.2, 0.25) is 0 Å². The van der Waals surface area contributed by atoms with Gasteiger partial charge in [-0.25, -0.2) is 4.79 Å². The fourth-order valence-electron chi connectivity index (χ4n) is 1.53. The highest BCUT2D eigenvalue weighted by Gasteiger charge is 2.17.